The molecule has 0 saturated heterocycles. The molecular formula is C15H15FN2O2S. The minimum Gasteiger partial charge on any atom is -0.399 e. The van der Waals surface area contributed by atoms with Gasteiger partial charge in [-0.15, -0.1) is 0 Å². The highest BCUT2D eigenvalue weighted by Gasteiger charge is 2.21. The number of nitrogens with one attached hydrogen (secondary N) is 1. The van der Waals surface area contributed by atoms with Gasteiger partial charge >= 0.3 is 0 Å². The Morgan fingerprint density at radius 1 is 1.14 bits per heavy atom. The number of benzene rings is 2. The molecule has 2 aromatic carbocycles. The van der Waals surface area contributed by atoms with Gasteiger partial charge in [0.25, 0.3) is 0 Å². The van der Waals surface area contributed by atoms with Gasteiger partial charge in [-0.1, -0.05) is 0 Å². The third kappa shape index (κ3) is 3.88. The average Bonchev–Trinajstić information content (AvgIpc) is 2.49. The predicted octanol–water partition coefficient (Wildman–Crippen LogP) is 2.54. The summed E-state index contributed by atoms with van der Waals surface area (Å²) >= 11 is 0. The molecular weight excluding hydrogens is 291 g/mol. The molecule has 0 heterocycles. The van der Waals surface area contributed by atoms with E-state index in [0.29, 0.717) is 16.3 Å². The molecule has 110 valence electrons. The number of halogens is 1. The monoisotopic (exact) mass is 306 g/mol. The van der Waals surface area contributed by atoms with Crippen molar-refractivity contribution in [3.05, 3.63) is 54.3 Å². The second kappa shape index (κ2) is 6.49. The first kappa shape index (κ1) is 15.2. The Bertz CT molecular complexity index is 656. The summed E-state index contributed by atoms with van der Waals surface area (Å²) in [5, 5.41) is 1.91. The van der Waals surface area contributed by atoms with Crippen LogP contribution in [0, 0.1) is 5.82 Å². The quantitative estimate of drug-likeness (QED) is 0.853. The van der Waals surface area contributed by atoms with Crippen LogP contribution in [0.2, 0.25) is 0 Å². The highest BCUT2D eigenvalue weighted by atomic mass is 32.2. The smallest absolute Gasteiger partial charge is 0.240 e. The molecule has 0 aromatic heterocycles. The van der Waals surface area contributed by atoms with Gasteiger partial charge < -0.3 is 11.1 Å². The fraction of sp³-hybridized carbons (Fsp3) is 0.133. The highest BCUT2D eigenvalue weighted by Crippen LogP contribution is 2.15. The molecule has 0 aliphatic heterocycles. The number of hydrogen-bond acceptors (Lipinski definition) is 3. The number of hydrogen-bond donors (Lipinski definition) is 2. The van der Waals surface area contributed by atoms with Gasteiger partial charge in [0, 0.05) is 16.3 Å². The molecule has 0 spiro atoms. The van der Waals surface area contributed by atoms with Gasteiger partial charge in [-0.05, 0) is 55.5 Å². The molecule has 0 fully saturated rings. The lowest BCUT2D eigenvalue weighted by Crippen LogP contribution is -2.29. The summed E-state index contributed by atoms with van der Waals surface area (Å²) in [5.41, 5.74) is 6.74. The van der Waals surface area contributed by atoms with Gasteiger partial charge in [-0.2, -0.15) is 0 Å². The molecule has 0 bridgehead atoms. The number of anilines is 2. The lowest BCUT2D eigenvalue weighted by Gasteiger charge is -2.12. The van der Waals surface area contributed by atoms with Gasteiger partial charge in [-0.3, -0.25) is 9.00 Å². The largest absolute Gasteiger partial charge is 0.399 e. The summed E-state index contributed by atoms with van der Waals surface area (Å²) in [7, 11) is -1.55. The third-order valence-corrected chi connectivity index (χ3v) is 4.51. The molecule has 0 saturated carbocycles. The topological polar surface area (TPSA) is 72.2 Å². The van der Waals surface area contributed by atoms with E-state index in [4.69, 9.17) is 5.73 Å². The Balaban J connectivity index is 2.06. The average molecular weight is 306 g/mol. The Morgan fingerprint density at radius 2 is 1.71 bits per heavy atom. The molecule has 4 nitrogen and oxygen atoms in total. The maximum absolute atomic E-state index is 12.8. The van der Waals surface area contributed by atoms with Crippen LogP contribution >= 0.6 is 0 Å². The maximum Gasteiger partial charge on any atom is 0.240 e. The van der Waals surface area contributed by atoms with E-state index in [1.54, 1.807) is 31.2 Å². The molecule has 2 aromatic rings. The number of carbonyl (C=O) groups is 1. The molecule has 2 atom stereocenters. The van der Waals surface area contributed by atoms with Crippen LogP contribution in [0.3, 0.4) is 0 Å². The maximum atomic E-state index is 12.8. The van der Waals surface area contributed by atoms with Crippen LogP contribution in [-0.2, 0) is 15.6 Å². The van der Waals surface area contributed by atoms with Crippen LogP contribution in [-0.4, -0.2) is 15.4 Å². The van der Waals surface area contributed by atoms with Crippen molar-refractivity contribution in [2.24, 2.45) is 0 Å². The van der Waals surface area contributed by atoms with E-state index in [-0.39, 0.29) is 5.91 Å². The number of rotatable bonds is 4. The van der Waals surface area contributed by atoms with Crippen molar-refractivity contribution in [3.63, 3.8) is 0 Å². The zero-order chi connectivity index (χ0) is 15.4. The number of nitrogen functional groups attached to an aromatic ring is 1. The Morgan fingerprint density at radius 3 is 2.29 bits per heavy atom. The molecule has 3 N–H and O–H groups in total. The van der Waals surface area contributed by atoms with Gasteiger partial charge in [0.2, 0.25) is 5.91 Å². The molecule has 6 heteroatoms. The fourth-order valence-corrected chi connectivity index (χ4v) is 2.75. The minimum atomic E-state index is -1.55. The molecule has 2 unspecified atom stereocenters. The van der Waals surface area contributed by atoms with Crippen LogP contribution in [0.4, 0.5) is 15.8 Å². The van der Waals surface area contributed by atoms with Gasteiger partial charge in [0.05, 0.1) is 10.8 Å². The summed E-state index contributed by atoms with van der Waals surface area (Å²) in [4.78, 5) is 12.5. The van der Waals surface area contributed by atoms with Gasteiger partial charge in [-0.25, -0.2) is 4.39 Å². The van der Waals surface area contributed by atoms with Crippen molar-refractivity contribution in [2.45, 2.75) is 17.1 Å². The van der Waals surface area contributed by atoms with Crippen LogP contribution in [0.1, 0.15) is 6.92 Å². The minimum absolute atomic E-state index is 0.373. The van der Waals surface area contributed by atoms with E-state index in [2.05, 4.69) is 5.32 Å². The van der Waals surface area contributed by atoms with E-state index in [1.807, 2.05) is 0 Å². The van der Waals surface area contributed by atoms with Gasteiger partial charge in [0.1, 0.15) is 11.1 Å². The Kier molecular flexibility index (Phi) is 4.70. The zero-order valence-electron chi connectivity index (χ0n) is 11.4. The first-order chi connectivity index (χ1) is 9.97. The standard InChI is InChI=1S/C15H15FN2O2S/c1-10(21(20)14-8-2-11(16)3-9-14)15(19)18-13-6-4-12(17)5-7-13/h2-10H,17H2,1H3,(H,18,19). The second-order valence-electron chi connectivity index (χ2n) is 4.50. The van der Waals surface area contributed by atoms with E-state index >= 15 is 0 Å². The molecule has 2 rings (SSSR count). The van der Waals surface area contributed by atoms with Crippen molar-refractivity contribution >= 4 is 28.1 Å². The van der Waals surface area contributed by atoms with Crippen molar-refractivity contribution < 1.29 is 13.4 Å². The normalized spacial score (nSPS) is 13.4. The summed E-state index contributed by atoms with van der Waals surface area (Å²) in [6.07, 6.45) is 0. The lowest BCUT2D eigenvalue weighted by molar-refractivity contribution is -0.115. The Labute approximate surface area is 124 Å². The van der Waals surface area contributed by atoms with Crippen molar-refractivity contribution in [3.8, 4) is 0 Å². The van der Waals surface area contributed by atoms with Crippen LogP contribution in [0.15, 0.2) is 53.4 Å². The van der Waals surface area contributed by atoms with Crippen molar-refractivity contribution in [2.75, 3.05) is 11.1 Å². The van der Waals surface area contributed by atoms with Gasteiger partial charge in [0.15, 0.2) is 0 Å². The number of nitrogens with two attached hydrogens (primary N) is 1. The summed E-state index contributed by atoms with van der Waals surface area (Å²) < 4.78 is 25.1. The highest BCUT2D eigenvalue weighted by molar-refractivity contribution is 7.86. The molecule has 21 heavy (non-hydrogen) atoms. The summed E-state index contributed by atoms with van der Waals surface area (Å²) in [5.74, 6) is -0.780. The second-order valence-corrected chi connectivity index (χ2v) is 6.28. The SMILES string of the molecule is CC(C(=O)Nc1ccc(N)cc1)S(=O)c1ccc(F)cc1. The number of carbonyl (C=O) groups excluding carboxylic acids is 1. The lowest BCUT2D eigenvalue weighted by atomic mass is 10.3. The zero-order valence-corrected chi connectivity index (χ0v) is 12.2. The molecule has 0 aliphatic carbocycles. The fourth-order valence-electron chi connectivity index (χ4n) is 1.68. The van der Waals surface area contributed by atoms with Crippen LogP contribution in [0.5, 0.6) is 0 Å². The van der Waals surface area contributed by atoms with Crippen LogP contribution < -0.4 is 11.1 Å². The summed E-state index contributed by atoms with van der Waals surface area (Å²) in [6.45, 7) is 1.56. The van der Waals surface area contributed by atoms with E-state index in [1.165, 1.54) is 24.3 Å². The molecule has 0 aliphatic rings. The van der Waals surface area contributed by atoms with Crippen molar-refractivity contribution in [1.29, 1.82) is 0 Å². The van der Waals surface area contributed by atoms with E-state index in [0.717, 1.165) is 0 Å². The van der Waals surface area contributed by atoms with Crippen molar-refractivity contribution in [1.82, 2.24) is 0 Å². The summed E-state index contributed by atoms with van der Waals surface area (Å²) in [6, 6.07) is 11.9. The Hall–Kier alpha value is -2.21. The molecule has 1 amide bonds. The first-order valence-electron chi connectivity index (χ1n) is 6.30. The number of amides is 1. The first-order valence-corrected chi connectivity index (χ1v) is 7.51. The van der Waals surface area contributed by atoms with Crippen LogP contribution in [0.25, 0.3) is 0 Å². The van der Waals surface area contributed by atoms with E-state index < -0.39 is 21.9 Å². The predicted molar refractivity (Wildman–Crippen MR) is 81.8 cm³/mol. The van der Waals surface area contributed by atoms with E-state index in [9.17, 15) is 13.4 Å². The molecule has 0 radical (unpaired) electrons. The third-order valence-electron chi connectivity index (χ3n) is 2.91.